The molecule has 2 aromatic carbocycles. The number of carboxylic acid groups (broad SMARTS) is 2. The number of unbranched alkanes of at least 4 members (excludes halogenated alkanes) is 5. The van der Waals surface area contributed by atoms with Gasteiger partial charge in [0.05, 0.1) is 0 Å². The fourth-order valence-electron chi connectivity index (χ4n) is 4.59. The lowest BCUT2D eigenvalue weighted by atomic mass is 9.73. The van der Waals surface area contributed by atoms with Crippen molar-refractivity contribution in [3.8, 4) is 0 Å². The predicted molar refractivity (Wildman–Crippen MR) is 149 cm³/mol. The van der Waals surface area contributed by atoms with Crippen LogP contribution in [0.25, 0.3) is 0 Å². The minimum Gasteiger partial charge on any atom is -0.481 e. The van der Waals surface area contributed by atoms with Gasteiger partial charge in [-0.15, -0.1) is 0 Å². The van der Waals surface area contributed by atoms with Gasteiger partial charge in [-0.05, 0) is 37.8 Å². The average Bonchev–Trinajstić information content (AvgIpc) is 2.95. The fraction of sp³-hybridized carbons (Fsp3) is 0.484. The summed E-state index contributed by atoms with van der Waals surface area (Å²) in [5.74, 6) is -2.12. The fourth-order valence-corrected chi connectivity index (χ4v) is 4.59. The van der Waals surface area contributed by atoms with Crippen LogP contribution in [0, 0.1) is 5.41 Å². The molecule has 41 heavy (non-hydrogen) atoms. The highest BCUT2D eigenvalue weighted by molar-refractivity contribution is 5.77. The monoisotopic (exact) mass is 572 g/mol. The Balaban J connectivity index is 2.06. The van der Waals surface area contributed by atoms with Crippen LogP contribution in [-0.4, -0.2) is 46.7 Å². The molecule has 0 radical (unpaired) electrons. The number of benzene rings is 2. The maximum Gasteiger partial charge on any atom is 0.508 e. The minimum absolute atomic E-state index is 0.0494. The molecular weight excluding hydrogens is 532 g/mol. The predicted octanol–water partition coefficient (Wildman–Crippen LogP) is 6.75. The number of aliphatic carboxylic acids is 2. The van der Waals surface area contributed by atoms with Crippen LogP contribution in [0.2, 0.25) is 0 Å². The normalized spacial score (nSPS) is 13.7. The highest BCUT2D eigenvalue weighted by atomic mass is 16.7. The van der Waals surface area contributed by atoms with Crippen molar-refractivity contribution in [2.45, 2.75) is 90.6 Å². The largest absolute Gasteiger partial charge is 0.508 e. The maximum atomic E-state index is 12.8. The molecule has 0 fully saturated rings. The standard InChI is InChI=1S/C31H40O10/c1-23(40-29(36)38-21-25-15-9-7-10-16-25)31(28(34)35,20-14-6-4-3-5-13-19-27(32)33)24(2)41-30(37)39-22-26-17-11-8-12-18-26/h7-12,15-18,23-24H,3-6,13-14,19-22H2,1-2H3,(H,32,33)(H,34,35). The first-order valence-corrected chi connectivity index (χ1v) is 13.8. The second kappa shape index (κ2) is 17.6. The summed E-state index contributed by atoms with van der Waals surface area (Å²) in [6, 6.07) is 17.9. The van der Waals surface area contributed by atoms with Gasteiger partial charge >= 0.3 is 24.2 Å². The highest BCUT2D eigenvalue weighted by Gasteiger charge is 2.52. The molecule has 2 rings (SSSR count). The third-order valence-corrected chi connectivity index (χ3v) is 7.03. The van der Waals surface area contributed by atoms with Gasteiger partial charge in [0.25, 0.3) is 0 Å². The Morgan fingerprint density at radius 3 is 1.49 bits per heavy atom. The summed E-state index contributed by atoms with van der Waals surface area (Å²) in [4.78, 5) is 48.5. The first kappa shape index (κ1) is 33.1. The Bertz CT molecular complexity index is 1020. The van der Waals surface area contributed by atoms with Crippen LogP contribution in [0.5, 0.6) is 0 Å². The Morgan fingerprint density at radius 2 is 1.07 bits per heavy atom. The van der Waals surface area contributed by atoms with Gasteiger partial charge < -0.3 is 29.2 Å². The van der Waals surface area contributed by atoms with Crippen LogP contribution in [0.15, 0.2) is 60.7 Å². The van der Waals surface area contributed by atoms with Crippen LogP contribution in [0.3, 0.4) is 0 Å². The van der Waals surface area contributed by atoms with E-state index in [2.05, 4.69) is 0 Å². The van der Waals surface area contributed by atoms with Gasteiger partial charge in [-0.3, -0.25) is 9.59 Å². The molecule has 224 valence electrons. The molecule has 0 aliphatic heterocycles. The number of carbonyl (C=O) groups is 4. The summed E-state index contributed by atoms with van der Waals surface area (Å²) in [5.41, 5.74) is -0.300. The summed E-state index contributed by atoms with van der Waals surface area (Å²) in [6.07, 6.45) is -0.287. The number of ether oxygens (including phenoxy) is 4. The van der Waals surface area contributed by atoms with Crippen molar-refractivity contribution in [1.29, 1.82) is 0 Å². The van der Waals surface area contributed by atoms with Crippen molar-refractivity contribution in [1.82, 2.24) is 0 Å². The topological polar surface area (TPSA) is 146 Å². The lowest BCUT2D eigenvalue weighted by molar-refractivity contribution is -0.171. The van der Waals surface area contributed by atoms with Crippen molar-refractivity contribution in [2.75, 3.05) is 0 Å². The van der Waals surface area contributed by atoms with Crippen molar-refractivity contribution in [3.05, 3.63) is 71.8 Å². The number of hydrogen-bond donors (Lipinski definition) is 2. The van der Waals surface area contributed by atoms with Crippen molar-refractivity contribution in [2.24, 2.45) is 5.41 Å². The zero-order chi connectivity index (χ0) is 30.1. The highest BCUT2D eigenvalue weighted by Crippen LogP contribution is 2.38. The molecule has 0 heterocycles. The van der Waals surface area contributed by atoms with E-state index >= 15 is 0 Å². The first-order valence-electron chi connectivity index (χ1n) is 13.8. The maximum absolute atomic E-state index is 12.8. The average molecular weight is 573 g/mol. The smallest absolute Gasteiger partial charge is 0.481 e. The molecule has 2 atom stereocenters. The summed E-state index contributed by atoms with van der Waals surface area (Å²) >= 11 is 0. The van der Waals surface area contributed by atoms with Gasteiger partial charge in [-0.25, -0.2) is 9.59 Å². The second-order valence-electron chi connectivity index (χ2n) is 9.93. The SMILES string of the molecule is CC(OC(=O)OCc1ccccc1)C(CCCCCCCCC(=O)O)(C(=O)O)C(C)OC(=O)OCc1ccccc1. The van der Waals surface area contributed by atoms with E-state index in [0.717, 1.165) is 30.4 Å². The Labute approximate surface area is 240 Å². The van der Waals surface area contributed by atoms with Gasteiger partial charge in [0.15, 0.2) is 0 Å². The van der Waals surface area contributed by atoms with Crippen LogP contribution < -0.4 is 0 Å². The number of carboxylic acids is 2. The zero-order valence-corrected chi connectivity index (χ0v) is 23.7. The molecule has 0 spiro atoms. The van der Waals surface area contributed by atoms with E-state index in [9.17, 15) is 24.3 Å². The first-order chi connectivity index (χ1) is 19.6. The Kier molecular flexibility index (Phi) is 14.2. The zero-order valence-electron chi connectivity index (χ0n) is 23.7. The number of carbonyl (C=O) groups excluding carboxylic acids is 2. The van der Waals surface area contributed by atoms with Gasteiger partial charge in [0, 0.05) is 6.42 Å². The van der Waals surface area contributed by atoms with E-state index in [1.165, 1.54) is 13.8 Å². The van der Waals surface area contributed by atoms with Gasteiger partial charge in [0.2, 0.25) is 0 Å². The van der Waals surface area contributed by atoms with Crippen LogP contribution >= 0.6 is 0 Å². The van der Waals surface area contributed by atoms with Crippen LogP contribution in [-0.2, 0) is 41.8 Å². The number of hydrogen-bond acceptors (Lipinski definition) is 8. The van der Waals surface area contributed by atoms with Crippen LogP contribution in [0.4, 0.5) is 9.59 Å². The molecule has 0 bridgehead atoms. The molecular formula is C31H40O10. The van der Waals surface area contributed by atoms with Crippen molar-refractivity contribution >= 4 is 24.2 Å². The molecule has 2 N–H and O–H groups in total. The molecule has 0 saturated heterocycles. The van der Waals surface area contributed by atoms with Crippen molar-refractivity contribution in [3.63, 3.8) is 0 Å². The van der Waals surface area contributed by atoms with Gasteiger partial charge in [-0.1, -0.05) is 92.8 Å². The lowest BCUT2D eigenvalue weighted by Gasteiger charge is -2.38. The molecule has 10 heteroatoms. The lowest BCUT2D eigenvalue weighted by Crippen LogP contribution is -2.52. The molecule has 2 unspecified atom stereocenters. The van der Waals surface area contributed by atoms with Gasteiger partial charge in [-0.2, -0.15) is 0 Å². The quantitative estimate of drug-likeness (QED) is 0.145. The minimum atomic E-state index is -1.78. The molecule has 10 nitrogen and oxygen atoms in total. The second-order valence-corrected chi connectivity index (χ2v) is 9.93. The molecule has 0 aliphatic carbocycles. The summed E-state index contributed by atoms with van der Waals surface area (Å²) in [7, 11) is 0. The van der Waals surface area contributed by atoms with E-state index in [1.807, 2.05) is 12.1 Å². The summed E-state index contributed by atoms with van der Waals surface area (Å²) in [6.45, 7) is 2.79. The summed E-state index contributed by atoms with van der Waals surface area (Å²) < 4.78 is 21.2. The van der Waals surface area contributed by atoms with E-state index in [4.69, 9.17) is 24.1 Å². The van der Waals surface area contributed by atoms with E-state index < -0.39 is 41.9 Å². The van der Waals surface area contributed by atoms with E-state index in [1.54, 1.807) is 48.5 Å². The van der Waals surface area contributed by atoms with E-state index in [0.29, 0.717) is 19.3 Å². The molecule has 2 aromatic rings. The van der Waals surface area contributed by atoms with Gasteiger partial charge in [0.1, 0.15) is 30.8 Å². The Hall–Kier alpha value is -4.08. The third kappa shape index (κ3) is 11.5. The molecule has 0 saturated carbocycles. The molecule has 0 aromatic heterocycles. The summed E-state index contributed by atoms with van der Waals surface area (Å²) in [5, 5.41) is 19.2. The van der Waals surface area contributed by atoms with Crippen LogP contribution in [0.1, 0.15) is 76.3 Å². The van der Waals surface area contributed by atoms with E-state index in [-0.39, 0.29) is 26.1 Å². The van der Waals surface area contributed by atoms with Crippen molar-refractivity contribution < 1.29 is 48.3 Å². The molecule has 0 aliphatic rings. The number of rotatable bonds is 18. The third-order valence-electron chi connectivity index (χ3n) is 7.03. The Morgan fingerprint density at radius 1 is 0.659 bits per heavy atom. The molecule has 0 amide bonds.